The van der Waals surface area contributed by atoms with Gasteiger partial charge in [0, 0.05) is 29.0 Å². The molecule has 3 aromatic rings. The van der Waals surface area contributed by atoms with Crippen molar-refractivity contribution in [2.75, 3.05) is 18.6 Å². The van der Waals surface area contributed by atoms with Crippen LogP contribution in [-0.2, 0) is 26.6 Å². The van der Waals surface area contributed by atoms with Crippen molar-refractivity contribution in [3.8, 4) is 11.1 Å². The highest BCUT2D eigenvalue weighted by molar-refractivity contribution is 7.80. The third-order valence-corrected chi connectivity index (χ3v) is 10.1. The molecular weight excluding hydrogens is 530 g/mol. The van der Waals surface area contributed by atoms with E-state index < -0.39 is 11.1 Å². The highest BCUT2D eigenvalue weighted by Crippen LogP contribution is 2.43. The number of carbonyl (C=O) groups excluding carboxylic acids is 1. The molecule has 1 aliphatic carbocycles. The summed E-state index contributed by atoms with van der Waals surface area (Å²) >= 11 is 5.59. The molecule has 5 rings (SSSR count). The quantitative estimate of drug-likeness (QED) is 0.300. The number of ether oxygens (including phenoxy) is 1. The number of carbonyl (C=O) groups is 1. The van der Waals surface area contributed by atoms with Crippen molar-refractivity contribution in [2.24, 2.45) is 11.8 Å². The fourth-order valence-corrected chi connectivity index (χ4v) is 7.53. The van der Waals surface area contributed by atoms with Gasteiger partial charge in [-0.15, -0.1) is 0 Å². The van der Waals surface area contributed by atoms with Crippen molar-refractivity contribution < 1.29 is 17.9 Å². The Morgan fingerprint density at radius 2 is 1.77 bits per heavy atom. The summed E-state index contributed by atoms with van der Waals surface area (Å²) in [6, 6.07) is 19.9. The van der Waals surface area contributed by atoms with Crippen LogP contribution in [0.25, 0.3) is 11.1 Å². The van der Waals surface area contributed by atoms with Crippen LogP contribution in [0.4, 0.5) is 11.4 Å². The van der Waals surface area contributed by atoms with Crippen molar-refractivity contribution in [3.63, 3.8) is 0 Å². The number of para-hydroxylation sites is 1. The molecule has 3 unspecified atom stereocenters. The Morgan fingerprint density at radius 1 is 1.03 bits per heavy atom. The number of nitrogens with zero attached hydrogens (tertiary/aromatic N) is 1. The van der Waals surface area contributed by atoms with E-state index in [4.69, 9.17) is 20.5 Å². The molecule has 1 fully saturated rings. The zero-order valence-corrected chi connectivity index (χ0v) is 24.4. The van der Waals surface area contributed by atoms with Crippen LogP contribution >= 0.6 is 11.6 Å². The van der Waals surface area contributed by atoms with Crippen molar-refractivity contribution in [1.29, 1.82) is 0 Å². The van der Waals surface area contributed by atoms with Crippen molar-refractivity contribution in [1.82, 2.24) is 0 Å². The average Bonchev–Trinajstić information content (AvgIpc) is 3.01. The molecule has 0 amide bonds. The Bertz CT molecular complexity index is 1360. The number of fused-ring (bicyclic) bond motifs is 1. The van der Waals surface area contributed by atoms with Gasteiger partial charge in [0.25, 0.3) is 0 Å². The lowest BCUT2D eigenvalue weighted by Gasteiger charge is -2.37. The fourth-order valence-electron chi connectivity index (χ4n) is 6.22. The second-order valence-electron chi connectivity index (χ2n) is 10.7. The molecule has 0 radical (unpaired) electrons. The van der Waals surface area contributed by atoms with Gasteiger partial charge in [-0.1, -0.05) is 74.0 Å². The molecule has 3 atom stereocenters. The van der Waals surface area contributed by atoms with Crippen molar-refractivity contribution >= 4 is 40.0 Å². The average molecular weight is 566 g/mol. The third-order valence-electron chi connectivity index (χ3n) is 8.44. The maximum Gasteiger partial charge on any atom is 0.338 e. The van der Waals surface area contributed by atoms with Crippen LogP contribution in [0.1, 0.15) is 60.5 Å². The van der Waals surface area contributed by atoms with E-state index in [9.17, 15) is 9.00 Å². The molecule has 39 heavy (non-hydrogen) atoms. The normalized spacial score (nSPS) is 22.4. The van der Waals surface area contributed by atoms with Crippen LogP contribution in [0.2, 0.25) is 5.02 Å². The predicted octanol–water partition coefficient (Wildman–Crippen LogP) is 8.02. The van der Waals surface area contributed by atoms with Gasteiger partial charge < -0.3 is 9.64 Å². The molecule has 2 aliphatic rings. The van der Waals surface area contributed by atoms with Crippen LogP contribution in [0.3, 0.4) is 0 Å². The van der Waals surface area contributed by atoms with Crippen LogP contribution in [0.15, 0.2) is 60.7 Å². The molecule has 1 aliphatic heterocycles. The van der Waals surface area contributed by atoms with E-state index in [0.29, 0.717) is 16.5 Å². The number of esters is 1. The molecule has 0 N–H and O–H groups in total. The predicted molar refractivity (Wildman–Crippen MR) is 159 cm³/mol. The van der Waals surface area contributed by atoms with Crippen molar-refractivity contribution in [2.45, 2.75) is 57.8 Å². The first-order valence-electron chi connectivity index (χ1n) is 13.8. The lowest BCUT2D eigenvalue weighted by Crippen LogP contribution is -2.38. The van der Waals surface area contributed by atoms with E-state index in [2.05, 4.69) is 24.0 Å². The van der Waals surface area contributed by atoms with Gasteiger partial charge in [-0.05, 0) is 67.1 Å². The van der Waals surface area contributed by atoms with Crippen LogP contribution in [0, 0.1) is 18.8 Å². The van der Waals surface area contributed by atoms with Gasteiger partial charge in [0.05, 0.1) is 29.6 Å². The standard InChI is InChI=1S/C32H36ClNO4S/c1-21-26(15-10-16-27(21)32(35)37-3)28-17-24-20-38-39(36)22(2)29(23-11-6-4-7-12-23)19-34(31(24)18-30(28)33)25-13-8-5-9-14-25/h5,8-10,13-18,22-23,29H,4,6-7,11-12,19-20H2,1-3H3. The number of methoxy groups -OCH3 is 1. The molecule has 7 heteroatoms. The van der Waals surface area contributed by atoms with Gasteiger partial charge in [-0.25, -0.2) is 9.00 Å². The maximum atomic E-state index is 13.4. The number of anilines is 2. The Balaban J connectivity index is 1.64. The second kappa shape index (κ2) is 12.2. The number of benzene rings is 3. The summed E-state index contributed by atoms with van der Waals surface area (Å²) in [6.07, 6.45) is 6.05. The first kappa shape index (κ1) is 27.9. The molecule has 1 saturated carbocycles. The Hall–Kier alpha value is -2.67. The highest BCUT2D eigenvalue weighted by Gasteiger charge is 2.36. The smallest absolute Gasteiger partial charge is 0.338 e. The molecular formula is C32H36ClNO4S. The van der Waals surface area contributed by atoms with E-state index >= 15 is 0 Å². The summed E-state index contributed by atoms with van der Waals surface area (Å²) in [5.41, 5.74) is 5.90. The first-order valence-corrected chi connectivity index (χ1v) is 15.3. The number of halogens is 1. The van der Waals surface area contributed by atoms with Gasteiger partial charge in [-0.3, -0.25) is 4.18 Å². The zero-order chi connectivity index (χ0) is 27.5. The van der Waals surface area contributed by atoms with Crippen LogP contribution < -0.4 is 4.90 Å². The molecule has 0 aromatic heterocycles. The first-order chi connectivity index (χ1) is 18.9. The summed E-state index contributed by atoms with van der Waals surface area (Å²) in [6.45, 7) is 4.92. The molecule has 5 nitrogen and oxygen atoms in total. The minimum Gasteiger partial charge on any atom is -0.465 e. The summed E-state index contributed by atoms with van der Waals surface area (Å²) in [4.78, 5) is 14.7. The Morgan fingerprint density at radius 3 is 2.49 bits per heavy atom. The van der Waals surface area contributed by atoms with E-state index in [0.717, 1.165) is 53.0 Å². The fraction of sp³-hybridized carbons (Fsp3) is 0.406. The molecule has 3 aromatic carbocycles. The molecule has 0 saturated heterocycles. The van der Waals surface area contributed by atoms with E-state index in [1.54, 1.807) is 6.07 Å². The number of rotatable bonds is 4. The maximum absolute atomic E-state index is 13.4. The zero-order valence-electron chi connectivity index (χ0n) is 22.8. The van der Waals surface area contributed by atoms with Crippen molar-refractivity contribution in [3.05, 3.63) is 82.4 Å². The Labute approximate surface area is 239 Å². The highest BCUT2D eigenvalue weighted by atomic mass is 35.5. The van der Waals surface area contributed by atoms with Gasteiger partial charge in [0.2, 0.25) is 0 Å². The molecule has 1 heterocycles. The van der Waals surface area contributed by atoms with E-state index in [-0.39, 0.29) is 23.7 Å². The summed E-state index contributed by atoms with van der Waals surface area (Å²) in [5.74, 6) is 0.340. The molecule has 0 bridgehead atoms. The summed E-state index contributed by atoms with van der Waals surface area (Å²) in [5, 5.41) is 0.491. The second-order valence-corrected chi connectivity index (χ2v) is 12.6. The van der Waals surface area contributed by atoms with E-state index in [1.807, 2.05) is 49.4 Å². The van der Waals surface area contributed by atoms with E-state index in [1.165, 1.54) is 26.4 Å². The number of hydrogen-bond donors (Lipinski definition) is 0. The lowest BCUT2D eigenvalue weighted by atomic mass is 9.78. The summed E-state index contributed by atoms with van der Waals surface area (Å²) in [7, 11) is 1.38. The summed E-state index contributed by atoms with van der Waals surface area (Å²) < 4.78 is 24.5. The van der Waals surface area contributed by atoms with Gasteiger partial charge in [-0.2, -0.15) is 0 Å². The van der Waals surface area contributed by atoms with Gasteiger partial charge in [0.15, 0.2) is 11.1 Å². The number of hydrogen-bond acceptors (Lipinski definition) is 5. The van der Waals surface area contributed by atoms with Gasteiger partial charge >= 0.3 is 5.97 Å². The topological polar surface area (TPSA) is 55.8 Å². The minimum atomic E-state index is -1.43. The van der Waals surface area contributed by atoms with Gasteiger partial charge in [0.1, 0.15) is 0 Å². The minimum absolute atomic E-state index is 0.0949. The Kier molecular flexibility index (Phi) is 8.75. The molecule has 206 valence electrons. The monoisotopic (exact) mass is 565 g/mol. The van der Waals surface area contributed by atoms with Crippen LogP contribution in [-0.4, -0.2) is 29.1 Å². The lowest BCUT2D eigenvalue weighted by molar-refractivity contribution is 0.0600. The van der Waals surface area contributed by atoms with Crippen LogP contribution in [0.5, 0.6) is 0 Å². The third kappa shape index (κ3) is 5.79. The molecule has 0 spiro atoms. The SMILES string of the molecule is COC(=O)c1cccc(-c2cc3c(cc2Cl)N(c2ccccc2)CC(C2CCCCC2)C(C)S(=O)OC3)c1C. The largest absolute Gasteiger partial charge is 0.465 e.